The van der Waals surface area contributed by atoms with Crippen LogP contribution in [0.4, 0.5) is 13.2 Å². The molecule has 2 unspecified atom stereocenters. The minimum Gasteiger partial charge on any atom is -0.265 e. The van der Waals surface area contributed by atoms with Crippen LogP contribution < -0.4 is 0 Å². The van der Waals surface area contributed by atoms with Crippen molar-refractivity contribution in [2.45, 2.75) is 17.7 Å². The first-order valence-electron chi connectivity index (χ1n) is 5.69. The highest BCUT2D eigenvalue weighted by atomic mass is 79.9. The molecule has 0 saturated heterocycles. The van der Waals surface area contributed by atoms with Gasteiger partial charge in [0, 0.05) is 30.1 Å². The maximum atomic E-state index is 13.7. The van der Waals surface area contributed by atoms with Gasteiger partial charge in [0.05, 0.1) is 4.83 Å². The smallest absolute Gasteiger partial charge is 0.133 e. The summed E-state index contributed by atoms with van der Waals surface area (Å²) in [6, 6.07) is 4.93. The van der Waals surface area contributed by atoms with E-state index in [1.54, 1.807) is 24.5 Å². The Morgan fingerprint density at radius 2 is 1.58 bits per heavy atom. The van der Waals surface area contributed by atoms with Crippen molar-refractivity contribution in [3.63, 3.8) is 0 Å². The lowest BCUT2D eigenvalue weighted by Crippen LogP contribution is -2.07. The third kappa shape index (κ3) is 2.97. The van der Waals surface area contributed by atoms with Crippen molar-refractivity contribution < 1.29 is 13.2 Å². The fourth-order valence-electron chi connectivity index (χ4n) is 1.90. The minimum absolute atomic E-state index is 0.161. The Bertz CT molecular complexity index is 551. The van der Waals surface area contributed by atoms with Crippen LogP contribution in [0.5, 0.6) is 0 Å². The first kappa shape index (κ1) is 14.1. The molecule has 1 nitrogen and oxygen atoms in total. The average molecular weight is 330 g/mol. The number of aromatic nitrogens is 1. The summed E-state index contributed by atoms with van der Waals surface area (Å²) in [6.07, 6.45) is 3.23. The lowest BCUT2D eigenvalue weighted by Gasteiger charge is -2.20. The summed E-state index contributed by atoms with van der Waals surface area (Å²) in [7, 11) is 0. The first-order valence-corrected chi connectivity index (χ1v) is 6.60. The summed E-state index contributed by atoms with van der Waals surface area (Å²) in [5.74, 6) is -2.88. The van der Waals surface area contributed by atoms with E-state index in [1.807, 2.05) is 6.92 Å². The molecule has 19 heavy (non-hydrogen) atoms. The molecule has 2 atom stereocenters. The number of halogens is 4. The van der Waals surface area contributed by atoms with Gasteiger partial charge in [-0.25, -0.2) is 13.2 Å². The van der Waals surface area contributed by atoms with Gasteiger partial charge in [0.15, 0.2) is 0 Å². The third-order valence-corrected chi connectivity index (χ3v) is 4.24. The topological polar surface area (TPSA) is 12.9 Å². The highest BCUT2D eigenvalue weighted by molar-refractivity contribution is 9.09. The molecule has 0 saturated carbocycles. The van der Waals surface area contributed by atoms with Gasteiger partial charge in [-0.15, -0.1) is 0 Å². The Morgan fingerprint density at radius 3 is 2.11 bits per heavy atom. The van der Waals surface area contributed by atoms with E-state index < -0.39 is 22.3 Å². The average Bonchev–Trinajstić information content (AvgIpc) is 2.37. The largest absolute Gasteiger partial charge is 0.265 e. The van der Waals surface area contributed by atoms with E-state index in [2.05, 4.69) is 20.9 Å². The molecule has 2 rings (SSSR count). The van der Waals surface area contributed by atoms with Crippen molar-refractivity contribution in [2.24, 2.45) is 0 Å². The summed E-state index contributed by atoms with van der Waals surface area (Å²) in [4.78, 5) is 3.31. The van der Waals surface area contributed by atoms with E-state index in [-0.39, 0.29) is 11.5 Å². The van der Waals surface area contributed by atoms with E-state index in [9.17, 15) is 13.2 Å². The van der Waals surface area contributed by atoms with Crippen molar-refractivity contribution in [3.8, 4) is 0 Å². The van der Waals surface area contributed by atoms with Crippen LogP contribution in [-0.2, 0) is 0 Å². The zero-order valence-corrected chi connectivity index (χ0v) is 11.7. The molecule has 0 aliphatic carbocycles. The second-order valence-corrected chi connectivity index (χ2v) is 5.24. The molecule has 0 bridgehead atoms. The number of nitrogens with zero attached hydrogens (tertiary/aromatic N) is 1. The molecule has 0 aliphatic heterocycles. The number of hydrogen-bond donors (Lipinski definition) is 0. The molecule has 1 aromatic carbocycles. The van der Waals surface area contributed by atoms with Crippen LogP contribution in [0.1, 0.15) is 28.8 Å². The predicted octanol–water partition coefficient (Wildman–Crippen LogP) is 4.74. The van der Waals surface area contributed by atoms with Crippen LogP contribution in [0.15, 0.2) is 36.7 Å². The standard InChI is InChI=1S/C14H11BrF3N/c1-8(9-2-4-19-5-3-9)14(15)13-11(17)6-10(16)7-12(13)18/h2-8,14H,1H3. The lowest BCUT2D eigenvalue weighted by molar-refractivity contribution is 0.514. The summed E-state index contributed by atoms with van der Waals surface area (Å²) < 4.78 is 40.3. The van der Waals surface area contributed by atoms with Crippen molar-refractivity contribution in [2.75, 3.05) is 0 Å². The van der Waals surface area contributed by atoms with E-state index in [1.165, 1.54) is 0 Å². The van der Waals surface area contributed by atoms with Crippen molar-refractivity contribution in [3.05, 3.63) is 65.2 Å². The zero-order chi connectivity index (χ0) is 14.0. The molecule has 100 valence electrons. The number of rotatable bonds is 3. The minimum atomic E-state index is -0.921. The highest BCUT2D eigenvalue weighted by Crippen LogP contribution is 2.39. The van der Waals surface area contributed by atoms with Crippen molar-refractivity contribution in [1.29, 1.82) is 0 Å². The number of alkyl halides is 1. The summed E-state index contributed by atoms with van der Waals surface area (Å²) in [5, 5.41) is 0. The molecule has 2 aromatic rings. The molecular formula is C14H11BrF3N. The Balaban J connectivity index is 2.37. The molecule has 1 heterocycles. The summed E-state index contributed by atoms with van der Waals surface area (Å²) >= 11 is 3.29. The first-order chi connectivity index (χ1) is 9.00. The van der Waals surface area contributed by atoms with Crippen molar-refractivity contribution in [1.82, 2.24) is 4.98 Å². The van der Waals surface area contributed by atoms with Gasteiger partial charge in [-0.1, -0.05) is 22.9 Å². The lowest BCUT2D eigenvalue weighted by atomic mass is 9.94. The second-order valence-electron chi connectivity index (χ2n) is 4.25. The van der Waals surface area contributed by atoms with E-state index in [4.69, 9.17) is 0 Å². The van der Waals surface area contributed by atoms with Crippen LogP contribution in [0.2, 0.25) is 0 Å². The van der Waals surface area contributed by atoms with E-state index in [0.29, 0.717) is 12.1 Å². The SMILES string of the molecule is CC(c1ccncc1)C(Br)c1c(F)cc(F)cc1F. The molecule has 0 amide bonds. The van der Waals surface area contributed by atoms with Gasteiger partial charge >= 0.3 is 0 Å². The third-order valence-electron chi connectivity index (χ3n) is 2.99. The Kier molecular flexibility index (Phi) is 4.24. The molecule has 0 aliphatic rings. The van der Waals surface area contributed by atoms with Gasteiger partial charge in [-0.05, 0) is 23.6 Å². The van der Waals surface area contributed by atoms with Crippen LogP contribution in [0.3, 0.4) is 0 Å². The number of pyridine rings is 1. The maximum Gasteiger partial charge on any atom is 0.133 e. The van der Waals surface area contributed by atoms with Gasteiger partial charge in [-0.3, -0.25) is 4.98 Å². The molecule has 1 aromatic heterocycles. The second kappa shape index (κ2) is 5.74. The molecule has 0 spiro atoms. The van der Waals surface area contributed by atoms with Crippen molar-refractivity contribution >= 4 is 15.9 Å². The molecule has 5 heteroatoms. The van der Waals surface area contributed by atoms with Gasteiger partial charge < -0.3 is 0 Å². The fourth-order valence-corrected chi connectivity index (χ4v) is 2.65. The normalized spacial score (nSPS) is 14.2. The quantitative estimate of drug-likeness (QED) is 0.741. The maximum absolute atomic E-state index is 13.7. The molecule has 0 radical (unpaired) electrons. The van der Waals surface area contributed by atoms with E-state index >= 15 is 0 Å². The summed E-state index contributed by atoms with van der Waals surface area (Å²) in [6.45, 7) is 1.83. The molecule has 0 fully saturated rings. The Hall–Kier alpha value is -1.36. The Morgan fingerprint density at radius 1 is 1.05 bits per heavy atom. The summed E-state index contributed by atoms with van der Waals surface area (Å²) in [5.41, 5.74) is 0.728. The number of hydrogen-bond acceptors (Lipinski definition) is 1. The van der Waals surface area contributed by atoms with Gasteiger partial charge in [0.1, 0.15) is 17.5 Å². The van der Waals surface area contributed by atoms with Crippen LogP contribution in [0, 0.1) is 17.5 Å². The van der Waals surface area contributed by atoms with Gasteiger partial charge in [-0.2, -0.15) is 0 Å². The fraction of sp³-hybridized carbons (Fsp3) is 0.214. The van der Waals surface area contributed by atoms with E-state index in [0.717, 1.165) is 5.56 Å². The van der Waals surface area contributed by atoms with Crippen LogP contribution in [0.25, 0.3) is 0 Å². The molecular weight excluding hydrogens is 319 g/mol. The monoisotopic (exact) mass is 329 g/mol. The van der Waals surface area contributed by atoms with Crippen LogP contribution in [-0.4, -0.2) is 4.98 Å². The molecule has 0 N–H and O–H groups in total. The predicted molar refractivity (Wildman–Crippen MR) is 70.6 cm³/mol. The van der Waals surface area contributed by atoms with Gasteiger partial charge in [0.25, 0.3) is 0 Å². The highest BCUT2D eigenvalue weighted by Gasteiger charge is 2.25. The Labute approximate surface area is 117 Å². The zero-order valence-electron chi connectivity index (χ0n) is 10.1. The number of benzene rings is 1. The van der Waals surface area contributed by atoms with Gasteiger partial charge in [0.2, 0.25) is 0 Å². The van der Waals surface area contributed by atoms with Crippen LogP contribution >= 0.6 is 15.9 Å².